The number of hydrogen-bond donors (Lipinski definition) is 9. The fourth-order valence-corrected chi connectivity index (χ4v) is 9.69. The van der Waals surface area contributed by atoms with E-state index in [-0.39, 0.29) is 82.8 Å². The average molecular weight is 1070 g/mol. The number of nitrogens with one attached hydrogen (secondary N) is 3. The number of H-pyrrole nitrogens is 1. The van der Waals surface area contributed by atoms with Crippen molar-refractivity contribution in [1.29, 1.82) is 0 Å². The maximum atomic E-state index is 13.3. The number of ether oxygens (including phenoxy) is 5. The van der Waals surface area contributed by atoms with Gasteiger partial charge < -0.3 is 69.0 Å². The van der Waals surface area contributed by atoms with Crippen molar-refractivity contribution < 1.29 is 94.7 Å². The number of benzene rings is 2. The Labute approximate surface area is 410 Å². The number of anilines is 1. The summed E-state index contributed by atoms with van der Waals surface area (Å²) in [7, 11) is -17.1. The highest BCUT2D eigenvalue weighted by atomic mass is 31.3. The molecule has 6 atom stereocenters. The molecule has 1 saturated heterocycles. The lowest BCUT2D eigenvalue weighted by atomic mass is 10.0. The molecule has 2 aliphatic rings. The lowest BCUT2D eigenvalue weighted by molar-refractivity contribution is -0.125. The molecule has 0 saturated carbocycles. The first-order valence-electron chi connectivity index (χ1n) is 21.9. The molecule has 3 heterocycles. The van der Waals surface area contributed by atoms with Crippen LogP contribution in [-0.4, -0.2) is 148 Å². The van der Waals surface area contributed by atoms with Crippen molar-refractivity contribution in [2.45, 2.75) is 50.3 Å². The Kier molecular flexibility index (Phi) is 22.4. The van der Waals surface area contributed by atoms with Crippen LogP contribution in [0.15, 0.2) is 70.4 Å². The van der Waals surface area contributed by atoms with E-state index in [0.29, 0.717) is 36.6 Å². The highest BCUT2D eigenvalue weighted by molar-refractivity contribution is 7.66. The number of aliphatic hydroxyl groups is 2. The summed E-state index contributed by atoms with van der Waals surface area (Å²) < 4.78 is 73.9. The third-order valence-electron chi connectivity index (χ3n) is 10.0. The monoisotopic (exact) mass is 1070 g/mol. The number of aromatic amines is 1. The van der Waals surface area contributed by atoms with Gasteiger partial charge in [-0.15, -0.1) is 0 Å². The third-order valence-corrected chi connectivity index (χ3v) is 13.8. The molecule has 9 N–H and O–H groups in total. The van der Waals surface area contributed by atoms with Gasteiger partial charge in [0.05, 0.1) is 77.3 Å². The molecule has 1 aromatic heterocycles. The fourth-order valence-electron chi connectivity index (χ4n) is 6.66. The summed E-state index contributed by atoms with van der Waals surface area (Å²) >= 11 is 0. The molecule has 0 aliphatic carbocycles. The molecule has 2 aliphatic heterocycles. The smallest absolute Gasteiger partial charge is 0.387 e. The van der Waals surface area contributed by atoms with Gasteiger partial charge in [-0.2, -0.15) is 8.62 Å². The van der Waals surface area contributed by atoms with Crippen molar-refractivity contribution >= 4 is 53.0 Å². The van der Waals surface area contributed by atoms with E-state index in [1.165, 1.54) is 12.2 Å². The zero-order valence-electron chi connectivity index (χ0n) is 38.2. The van der Waals surface area contributed by atoms with Crippen LogP contribution in [0.3, 0.4) is 0 Å². The number of carbonyl (C=O) groups excluding carboxylic acids is 3. The number of para-hydroxylation sites is 1. The minimum atomic E-state index is -5.84. The van der Waals surface area contributed by atoms with Gasteiger partial charge in [0.1, 0.15) is 18.3 Å². The predicted octanol–water partition coefficient (Wildman–Crippen LogP) is -0.0720. The molecule has 3 aromatic rings. The van der Waals surface area contributed by atoms with Crippen molar-refractivity contribution in [3.8, 4) is 11.8 Å². The van der Waals surface area contributed by atoms with Gasteiger partial charge in [0, 0.05) is 49.7 Å². The summed E-state index contributed by atoms with van der Waals surface area (Å²) in [5.41, 5.74) is 1.09. The Hall–Kier alpha value is -5.04. The molecule has 27 nitrogen and oxygen atoms in total. The normalized spacial score (nSPS) is 19.2. The first-order valence-corrected chi connectivity index (χ1v) is 26.4. The maximum Gasteiger partial charge on any atom is 0.490 e. The Morgan fingerprint density at radius 3 is 2.06 bits per heavy atom. The summed E-state index contributed by atoms with van der Waals surface area (Å²) in [6, 6.07) is 15.1. The van der Waals surface area contributed by atoms with Crippen molar-refractivity contribution in [3.63, 3.8) is 0 Å². The fraction of sp³-hybridized carbons (Fsp3) is 0.452. The number of aromatic nitrogens is 2. The van der Waals surface area contributed by atoms with Crippen LogP contribution in [-0.2, 0) is 71.5 Å². The summed E-state index contributed by atoms with van der Waals surface area (Å²) in [5.74, 6) is 5.50. The van der Waals surface area contributed by atoms with E-state index in [2.05, 4.69) is 35.6 Å². The van der Waals surface area contributed by atoms with Crippen LogP contribution in [0.25, 0.3) is 6.08 Å². The summed E-state index contributed by atoms with van der Waals surface area (Å²) in [4.78, 5) is 103. The second-order valence-corrected chi connectivity index (χ2v) is 19.8. The lowest BCUT2D eigenvalue weighted by Crippen LogP contribution is -2.38. The van der Waals surface area contributed by atoms with E-state index < -0.39 is 71.8 Å². The second-order valence-electron chi connectivity index (χ2n) is 15.3. The maximum absolute atomic E-state index is 13.3. The number of rotatable bonds is 29. The van der Waals surface area contributed by atoms with Crippen molar-refractivity contribution in [1.82, 2.24) is 20.2 Å². The highest BCUT2D eigenvalue weighted by Crippen LogP contribution is 2.66. The van der Waals surface area contributed by atoms with E-state index in [9.17, 15) is 57.7 Å². The summed E-state index contributed by atoms with van der Waals surface area (Å²) in [6.45, 7) is 1.37. The SMILES string of the molecule is O=C(CCOCCOCCOCCOCCNC(=O)CCC(=O)N1Cc2ccccc2C#Cc2ccccc21)NC/C=C/c1cn([C@@H]2O[C@H](COP(=O)(O)OP(=O)(O)OP(=O)(O)O)[C@@H](O)[C@H]2O)c(=O)[nH]c1=O. The number of amides is 3. The molecule has 1 fully saturated rings. The van der Waals surface area contributed by atoms with Crippen LogP contribution in [0.2, 0.25) is 0 Å². The first-order chi connectivity index (χ1) is 34.2. The van der Waals surface area contributed by atoms with E-state index in [1.54, 1.807) is 4.90 Å². The third kappa shape index (κ3) is 19.1. The number of fused-ring (bicyclic) bond motifs is 2. The summed E-state index contributed by atoms with van der Waals surface area (Å²) in [5, 5.41) is 26.3. The Balaban J connectivity index is 0.867. The van der Waals surface area contributed by atoms with Crippen LogP contribution in [0.1, 0.15) is 47.7 Å². The molecule has 3 amide bonds. The Morgan fingerprint density at radius 2 is 1.36 bits per heavy atom. The minimum absolute atomic E-state index is 0.00536. The molecule has 394 valence electrons. The summed E-state index contributed by atoms with van der Waals surface area (Å²) in [6.07, 6.45) is -3.64. The van der Waals surface area contributed by atoms with E-state index in [1.807, 2.05) is 53.5 Å². The van der Waals surface area contributed by atoms with Gasteiger partial charge in [-0.3, -0.25) is 33.3 Å². The van der Waals surface area contributed by atoms with E-state index >= 15 is 0 Å². The molecule has 2 aromatic carbocycles. The zero-order chi connectivity index (χ0) is 52.3. The molecular weight excluding hydrogens is 1020 g/mol. The Bertz CT molecular complexity index is 2700. The van der Waals surface area contributed by atoms with Crippen LogP contribution in [0, 0.1) is 11.8 Å². The molecule has 2 unspecified atom stereocenters. The van der Waals surface area contributed by atoms with Crippen LogP contribution < -0.4 is 26.8 Å². The van der Waals surface area contributed by atoms with Crippen LogP contribution in [0.5, 0.6) is 0 Å². The lowest BCUT2D eigenvalue weighted by Gasteiger charge is -2.26. The molecular formula is C42H54N5O22P3. The molecule has 0 radical (unpaired) electrons. The zero-order valence-corrected chi connectivity index (χ0v) is 40.9. The number of carbonyl (C=O) groups is 3. The molecule has 30 heteroatoms. The highest BCUT2D eigenvalue weighted by Gasteiger charge is 2.47. The molecule has 5 rings (SSSR count). The van der Waals surface area contributed by atoms with Gasteiger partial charge in [-0.25, -0.2) is 18.5 Å². The van der Waals surface area contributed by atoms with Crippen molar-refractivity contribution in [2.75, 3.05) is 77.5 Å². The van der Waals surface area contributed by atoms with Gasteiger partial charge in [-0.1, -0.05) is 54.3 Å². The van der Waals surface area contributed by atoms with E-state index in [0.717, 1.165) is 22.9 Å². The van der Waals surface area contributed by atoms with Crippen molar-refractivity contribution in [2.24, 2.45) is 0 Å². The first kappa shape index (κ1) is 57.9. The standard InChI is InChI=1S/C42H54N5O22P3/c48-35(13-14-37(50)46-26-31-8-2-1-6-29(31)11-12-30-7-3-4-10-33(30)46)44-17-19-63-21-23-65-25-24-64-22-20-62-18-15-36(49)43-16-5-9-32-27-47(42(54)45-40(32)53)41-39(52)38(51)34(67-41)28-66-71(58,59)69-72(60,61)68-70(55,56)57/h1-10,27,34,38-39,41,51-52H,13-26,28H2,(H,43,49)(H,44,48)(H,58,59)(H,60,61)(H,45,53,54)(H2,55,56,57)/b9-5+/t34-,38-,39-,41-/m1/s1. The van der Waals surface area contributed by atoms with Crippen LogP contribution in [0.4, 0.5) is 5.69 Å². The van der Waals surface area contributed by atoms with Crippen LogP contribution >= 0.6 is 23.5 Å². The molecule has 72 heavy (non-hydrogen) atoms. The predicted molar refractivity (Wildman–Crippen MR) is 249 cm³/mol. The quantitative estimate of drug-likeness (QED) is 0.0249. The van der Waals surface area contributed by atoms with Crippen molar-refractivity contribution in [3.05, 3.63) is 104 Å². The number of nitrogens with zero attached hydrogens (tertiary/aromatic N) is 2. The molecule has 0 spiro atoms. The van der Waals surface area contributed by atoms with Gasteiger partial charge in [0.15, 0.2) is 6.23 Å². The molecule has 0 bridgehead atoms. The number of phosphoric ester groups is 1. The number of aliphatic hydroxyl groups excluding tert-OH is 2. The largest absolute Gasteiger partial charge is 0.490 e. The number of hydrogen-bond acceptors (Lipinski definition) is 18. The van der Waals surface area contributed by atoms with Gasteiger partial charge >= 0.3 is 29.2 Å². The number of phosphoric acid groups is 3. The minimum Gasteiger partial charge on any atom is -0.387 e. The topological polar surface area (TPSA) is 380 Å². The average Bonchev–Trinajstić information content (AvgIpc) is 3.59. The van der Waals surface area contributed by atoms with Gasteiger partial charge in [0.2, 0.25) is 17.7 Å². The Morgan fingerprint density at radius 1 is 0.750 bits per heavy atom. The van der Waals surface area contributed by atoms with Gasteiger partial charge in [0.25, 0.3) is 5.56 Å². The van der Waals surface area contributed by atoms with E-state index in [4.69, 9.17) is 33.5 Å². The van der Waals surface area contributed by atoms with Gasteiger partial charge in [-0.05, 0) is 23.8 Å². The second kappa shape index (κ2) is 27.9.